The van der Waals surface area contributed by atoms with E-state index in [4.69, 9.17) is 0 Å². The third-order valence-corrected chi connectivity index (χ3v) is 9.93. The first-order valence-electron chi connectivity index (χ1n) is 15.9. The van der Waals surface area contributed by atoms with Crippen LogP contribution in [-0.2, 0) is 0 Å². The highest BCUT2D eigenvalue weighted by atomic mass is 16.2. The molecule has 0 radical (unpaired) electrons. The molecule has 0 unspecified atom stereocenters. The summed E-state index contributed by atoms with van der Waals surface area (Å²) in [4.78, 5) is 27.6. The quantitative estimate of drug-likeness (QED) is 0.139. The number of aromatic nitrogens is 1. The van der Waals surface area contributed by atoms with Gasteiger partial charge in [0.25, 0.3) is 11.1 Å². The number of hydrogen-bond donors (Lipinski definition) is 0. The SMILES string of the molecule is O=c1c2ccccc2c2cc(-c3ccc4c(c3)-c3ccccc3-c3ccccc3-c3ccccc3-4)cc3c4ccccc4c(=O)n1c23. The van der Waals surface area contributed by atoms with Gasteiger partial charge in [0, 0.05) is 21.5 Å². The lowest BCUT2D eigenvalue weighted by Crippen LogP contribution is -2.27. The van der Waals surface area contributed by atoms with Crippen molar-refractivity contribution in [2.75, 3.05) is 0 Å². The summed E-state index contributed by atoms with van der Waals surface area (Å²) in [5.74, 6) is 0. The number of pyridine rings is 2. The van der Waals surface area contributed by atoms with E-state index in [9.17, 15) is 9.59 Å². The lowest BCUT2D eigenvalue weighted by atomic mass is 9.80. The first-order chi connectivity index (χ1) is 23.2. The van der Waals surface area contributed by atoms with E-state index in [1.807, 2.05) is 48.5 Å². The monoisotopic (exact) mass is 599 g/mol. The van der Waals surface area contributed by atoms with E-state index in [0.717, 1.165) is 32.7 Å². The van der Waals surface area contributed by atoms with Crippen molar-refractivity contribution < 1.29 is 0 Å². The van der Waals surface area contributed by atoms with Crippen molar-refractivity contribution in [3.8, 4) is 55.6 Å². The molecule has 3 heteroatoms. The smallest absolute Gasteiger partial charge is 0.266 e. The second-order valence-corrected chi connectivity index (χ2v) is 12.4. The Morgan fingerprint density at radius 2 is 0.660 bits per heavy atom. The standard InChI is InChI=1S/C44H25NO2/c46-43-37-19-9-7-17-34(37)40-24-27(25-41-35-18-8-10-20-38(35)44(47)45(43)42(40)41)26-21-22-36-32-15-4-3-13-30(32)28-11-1-2-12-29(28)31-14-5-6-16-33(31)39(36)23-26/h1-25H. The predicted molar refractivity (Wildman–Crippen MR) is 194 cm³/mol. The van der Waals surface area contributed by atoms with E-state index in [1.165, 1.54) is 48.9 Å². The van der Waals surface area contributed by atoms with Gasteiger partial charge in [0.2, 0.25) is 0 Å². The maximum absolute atomic E-state index is 13.8. The van der Waals surface area contributed by atoms with E-state index < -0.39 is 0 Å². The van der Waals surface area contributed by atoms with Crippen molar-refractivity contribution in [2.45, 2.75) is 0 Å². The van der Waals surface area contributed by atoms with Crippen LogP contribution in [0.1, 0.15) is 0 Å². The minimum atomic E-state index is -0.279. The molecule has 7 aromatic carbocycles. The zero-order chi connectivity index (χ0) is 31.2. The predicted octanol–water partition coefficient (Wildman–Crippen LogP) is 10.2. The Balaban J connectivity index is 1.33. The molecule has 1 aliphatic carbocycles. The van der Waals surface area contributed by atoms with Crippen molar-refractivity contribution in [3.05, 3.63) is 172 Å². The summed E-state index contributed by atoms with van der Waals surface area (Å²) in [5, 5.41) is 4.56. The Kier molecular flexibility index (Phi) is 5.30. The highest BCUT2D eigenvalue weighted by Gasteiger charge is 2.23. The molecule has 1 aliphatic rings. The minimum Gasteiger partial charge on any atom is -0.268 e. The lowest BCUT2D eigenvalue weighted by molar-refractivity contribution is 1.09. The molecule has 0 N–H and O–H groups in total. The highest BCUT2D eigenvalue weighted by Crippen LogP contribution is 2.48. The third-order valence-electron chi connectivity index (χ3n) is 9.93. The van der Waals surface area contributed by atoms with Gasteiger partial charge >= 0.3 is 0 Å². The normalized spacial score (nSPS) is 12.0. The molecule has 0 atom stereocenters. The summed E-state index contributed by atoms with van der Waals surface area (Å²) in [6, 6.07) is 52.3. The van der Waals surface area contributed by atoms with Gasteiger partial charge in [-0.25, -0.2) is 4.40 Å². The molecule has 0 amide bonds. The second-order valence-electron chi connectivity index (χ2n) is 12.4. The average Bonchev–Trinajstić information content (AvgIpc) is 3.13. The van der Waals surface area contributed by atoms with Gasteiger partial charge in [-0.2, -0.15) is 0 Å². The fraction of sp³-hybridized carbons (Fsp3) is 0. The Bertz CT molecular complexity index is 2790. The summed E-state index contributed by atoms with van der Waals surface area (Å²) in [7, 11) is 0. The summed E-state index contributed by atoms with van der Waals surface area (Å²) in [5.41, 5.74) is 11.8. The Morgan fingerprint density at radius 1 is 0.298 bits per heavy atom. The van der Waals surface area contributed by atoms with Gasteiger partial charge in [0.15, 0.2) is 0 Å². The molecule has 0 fully saturated rings. The topological polar surface area (TPSA) is 38.5 Å². The van der Waals surface area contributed by atoms with Gasteiger partial charge < -0.3 is 0 Å². The number of benzene rings is 7. The largest absolute Gasteiger partial charge is 0.268 e. The molecule has 2 aromatic heterocycles. The van der Waals surface area contributed by atoms with Crippen LogP contribution in [0.15, 0.2) is 161 Å². The summed E-state index contributed by atoms with van der Waals surface area (Å²) >= 11 is 0. The number of fused-ring (bicyclic) bond motifs is 12. The van der Waals surface area contributed by atoms with Crippen LogP contribution in [0.2, 0.25) is 0 Å². The molecule has 9 aromatic rings. The number of hydrogen-bond acceptors (Lipinski definition) is 2. The minimum absolute atomic E-state index is 0.279. The van der Waals surface area contributed by atoms with Crippen molar-refractivity contribution in [1.82, 2.24) is 4.40 Å². The molecule has 0 aliphatic heterocycles. The average molecular weight is 600 g/mol. The van der Waals surface area contributed by atoms with Crippen LogP contribution < -0.4 is 11.1 Å². The van der Waals surface area contributed by atoms with Gasteiger partial charge in [-0.05, 0) is 96.7 Å². The van der Waals surface area contributed by atoms with E-state index in [2.05, 4.69) is 103 Å². The van der Waals surface area contributed by atoms with Crippen molar-refractivity contribution in [2.24, 2.45) is 0 Å². The van der Waals surface area contributed by atoms with E-state index in [1.54, 1.807) is 0 Å². The van der Waals surface area contributed by atoms with Crippen LogP contribution in [0.25, 0.3) is 93.5 Å². The maximum Gasteiger partial charge on any atom is 0.266 e. The van der Waals surface area contributed by atoms with Crippen LogP contribution in [0.3, 0.4) is 0 Å². The highest BCUT2D eigenvalue weighted by molar-refractivity contribution is 6.19. The van der Waals surface area contributed by atoms with Crippen molar-refractivity contribution >= 4 is 37.8 Å². The second kappa shape index (κ2) is 9.59. The van der Waals surface area contributed by atoms with Crippen LogP contribution in [0.5, 0.6) is 0 Å². The first kappa shape index (κ1) is 26.0. The molecule has 3 nitrogen and oxygen atoms in total. The summed E-state index contributed by atoms with van der Waals surface area (Å²) < 4.78 is 1.38. The van der Waals surface area contributed by atoms with Gasteiger partial charge in [0.05, 0.1) is 5.52 Å². The van der Waals surface area contributed by atoms with Crippen LogP contribution in [0.4, 0.5) is 0 Å². The molecule has 0 saturated carbocycles. The molecule has 218 valence electrons. The van der Waals surface area contributed by atoms with E-state index >= 15 is 0 Å². The lowest BCUT2D eigenvalue weighted by Gasteiger charge is -2.23. The van der Waals surface area contributed by atoms with Gasteiger partial charge in [-0.15, -0.1) is 0 Å². The first-order valence-corrected chi connectivity index (χ1v) is 15.9. The fourth-order valence-electron chi connectivity index (χ4n) is 7.84. The van der Waals surface area contributed by atoms with Crippen molar-refractivity contribution in [3.63, 3.8) is 0 Å². The van der Waals surface area contributed by atoms with E-state index in [0.29, 0.717) is 16.3 Å². The Labute approximate surface area is 269 Å². The Hall–Kier alpha value is -6.32. The van der Waals surface area contributed by atoms with Gasteiger partial charge in [0.1, 0.15) is 0 Å². The molecule has 47 heavy (non-hydrogen) atoms. The molecular weight excluding hydrogens is 574 g/mol. The molecule has 0 bridgehead atoms. The zero-order valence-electron chi connectivity index (χ0n) is 25.2. The van der Waals surface area contributed by atoms with Crippen LogP contribution >= 0.6 is 0 Å². The summed E-state index contributed by atoms with van der Waals surface area (Å²) in [6.45, 7) is 0. The van der Waals surface area contributed by atoms with Gasteiger partial charge in [-0.1, -0.05) is 121 Å². The number of rotatable bonds is 1. The third kappa shape index (κ3) is 3.57. The fourth-order valence-corrected chi connectivity index (χ4v) is 7.84. The summed E-state index contributed by atoms with van der Waals surface area (Å²) in [6.07, 6.45) is 0. The zero-order valence-corrected chi connectivity index (χ0v) is 25.2. The maximum atomic E-state index is 13.8. The Morgan fingerprint density at radius 3 is 1.11 bits per heavy atom. The van der Waals surface area contributed by atoms with Gasteiger partial charge in [-0.3, -0.25) is 9.59 Å². The molecule has 2 heterocycles. The molecular formula is C44H25NO2. The molecule has 10 rings (SSSR count). The van der Waals surface area contributed by atoms with Crippen LogP contribution in [-0.4, -0.2) is 4.40 Å². The van der Waals surface area contributed by atoms with E-state index in [-0.39, 0.29) is 11.1 Å². The molecule has 0 spiro atoms. The number of nitrogens with zero attached hydrogens (tertiary/aromatic N) is 1. The van der Waals surface area contributed by atoms with Crippen molar-refractivity contribution in [1.29, 1.82) is 0 Å². The van der Waals surface area contributed by atoms with Crippen LogP contribution in [0, 0.1) is 0 Å². The molecule has 0 saturated heterocycles.